The van der Waals surface area contributed by atoms with Crippen LogP contribution < -0.4 is 5.32 Å². The molecular formula is C10H19NO2. The highest BCUT2D eigenvalue weighted by Crippen LogP contribution is 1.97. The maximum atomic E-state index is 10.8. The zero-order valence-corrected chi connectivity index (χ0v) is 8.67. The molecular weight excluding hydrogens is 166 g/mol. The van der Waals surface area contributed by atoms with E-state index in [1.54, 1.807) is 0 Å². The van der Waals surface area contributed by atoms with Gasteiger partial charge in [-0.25, -0.2) is 4.79 Å². The van der Waals surface area contributed by atoms with Crippen molar-refractivity contribution in [1.82, 2.24) is 5.32 Å². The molecule has 0 bridgehead atoms. The van der Waals surface area contributed by atoms with Crippen LogP contribution in [-0.2, 0) is 9.53 Å². The minimum atomic E-state index is -0.372. The van der Waals surface area contributed by atoms with E-state index >= 15 is 0 Å². The van der Waals surface area contributed by atoms with Gasteiger partial charge in [-0.05, 0) is 12.3 Å². The Bertz CT molecular complexity index is 166. The summed E-state index contributed by atoms with van der Waals surface area (Å²) in [6.07, 6.45) is 1.76. The molecule has 0 rings (SSSR count). The van der Waals surface area contributed by atoms with Gasteiger partial charge in [0.1, 0.15) is 0 Å². The summed E-state index contributed by atoms with van der Waals surface area (Å²) in [7, 11) is 0. The fourth-order valence-corrected chi connectivity index (χ4v) is 0.825. The maximum Gasteiger partial charge on any atom is 0.331 e. The van der Waals surface area contributed by atoms with E-state index in [1.165, 1.54) is 6.08 Å². The van der Waals surface area contributed by atoms with Crippen LogP contribution >= 0.6 is 0 Å². The van der Waals surface area contributed by atoms with Gasteiger partial charge in [0.05, 0.1) is 0 Å². The molecule has 1 unspecified atom stereocenters. The van der Waals surface area contributed by atoms with Crippen molar-refractivity contribution in [3.8, 4) is 0 Å². The van der Waals surface area contributed by atoms with Gasteiger partial charge >= 0.3 is 5.97 Å². The van der Waals surface area contributed by atoms with Crippen LogP contribution in [0, 0.1) is 5.92 Å². The molecule has 1 atom stereocenters. The van der Waals surface area contributed by atoms with Gasteiger partial charge in [0.15, 0.2) is 6.23 Å². The lowest BCUT2D eigenvalue weighted by atomic mass is 10.2. The zero-order chi connectivity index (χ0) is 10.3. The molecule has 0 fully saturated rings. The molecule has 0 radical (unpaired) electrons. The number of ether oxygens (including phenoxy) is 1. The lowest BCUT2D eigenvalue weighted by Crippen LogP contribution is -2.35. The highest BCUT2D eigenvalue weighted by molar-refractivity contribution is 5.81. The number of carbonyl (C=O) groups is 1. The predicted octanol–water partition coefficient (Wildman–Crippen LogP) is 1.70. The number of esters is 1. The monoisotopic (exact) mass is 185 g/mol. The Labute approximate surface area is 80.2 Å². The molecule has 0 aromatic rings. The molecule has 0 aliphatic heterocycles. The minimum absolute atomic E-state index is 0.187. The van der Waals surface area contributed by atoms with Gasteiger partial charge in [0, 0.05) is 12.6 Å². The molecule has 1 N–H and O–H groups in total. The van der Waals surface area contributed by atoms with Crippen molar-refractivity contribution in [3.05, 3.63) is 12.7 Å². The Morgan fingerprint density at radius 2 is 2.23 bits per heavy atom. The normalized spacial score (nSPS) is 12.6. The van der Waals surface area contributed by atoms with E-state index in [0.29, 0.717) is 5.92 Å². The van der Waals surface area contributed by atoms with Crippen molar-refractivity contribution in [3.63, 3.8) is 0 Å². The van der Waals surface area contributed by atoms with Gasteiger partial charge in [-0.3, -0.25) is 5.32 Å². The summed E-state index contributed by atoms with van der Waals surface area (Å²) < 4.78 is 5.03. The molecule has 0 aromatic carbocycles. The van der Waals surface area contributed by atoms with Crippen LogP contribution in [0.1, 0.15) is 27.2 Å². The van der Waals surface area contributed by atoms with Gasteiger partial charge in [-0.15, -0.1) is 0 Å². The summed E-state index contributed by atoms with van der Waals surface area (Å²) in [6.45, 7) is 10.4. The van der Waals surface area contributed by atoms with Crippen molar-refractivity contribution in [2.24, 2.45) is 5.92 Å². The summed E-state index contributed by atoms with van der Waals surface area (Å²) in [4.78, 5) is 10.8. The fraction of sp³-hybridized carbons (Fsp3) is 0.700. The third kappa shape index (κ3) is 6.34. The van der Waals surface area contributed by atoms with Crippen molar-refractivity contribution in [1.29, 1.82) is 0 Å². The Kier molecular flexibility index (Phi) is 6.24. The first-order chi connectivity index (χ1) is 6.10. The average molecular weight is 185 g/mol. The van der Waals surface area contributed by atoms with E-state index < -0.39 is 0 Å². The van der Waals surface area contributed by atoms with Gasteiger partial charge in [0.25, 0.3) is 0 Å². The van der Waals surface area contributed by atoms with Crippen LogP contribution in [-0.4, -0.2) is 18.7 Å². The van der Waals surface area contributed by atoms with E-state index in [2.05, 4.69) is 25.7 Å². The lowest BCUT2D eigenvalue weighted by Gasteiger charge is -2.17. The van der Waals surface area contributed by atoms with Crippen LogP contribution in [0.3, 0.4) is 0 Å². The molecule has 0 aliphatic rings. The van der Waals surface area contributed by atoms with Crippen LogP contribution in [0.5, 0.6) is 0 Å². The second-order valence-corrected chi connectivity index (χ2v) is 3.34. The topological polar surface area (TPSA) is 38.3 Å². The number of rotatable bonds is 6. The summed E-state index contributed by atoms with van der Waals surface area (Å²) in [6, 6.07) is 0. The molecule has 0 spiro atoms. The first-order valence-electron chi connectivity index (χ1n) is 4.66. The number of hydrogen-bond donors (Lipinski definition) is 1. The molecule has 0 saturated carbocycles. The van der Waals surface area contributed by atoms with E-state index in [9.17, 15) is 4.79 Å². The third-order valence-electron chi connectivity index (χ3n) is 1.55. The summed E-state index contributed by atoms with van der Waals surface area (Å²) in [5.74, 6) is 0.180. The number of nitrogens with one attached hydrogen (secondary N) is 1. The maximum absolute atomic E-state index is 10.8. The number of hydrogen-bond acceptors (Lipinski definition) is 3. The second kappa shape index (κ2) is 6.66. The molecule has 13 heavy (non-hydrogen) atoms. The molecule has 0 heterocycles. The largest absolute Gasteiger partial charge is 0.443 e. The van der Waals surface area contributed by atoms with E-state index in [4.69, 9.17) is 4.74 Å². The van der Waals surface area contributed by atoms with Crippen LogP contribution in [0.4, 0.5) is 0 Å². The first kappa shape index (κ1) is 12.2. The summed E-state index contributed by atoms with van der Waals surface area (Å²) in [5.41, 5.74) is 0. The fourth-order valence-electron chi connectivity index (χ4n) is 0.825. The predicted molar refractivity (Wildman–Crippen MR) is 53.2 cm³/mol. The SMILES string of the molecule is C=CC(=O)OC(CC)NCC(C)C. The lowest BCUT2D eigenvalue weighted by molar-refractivity contribution is -0.144. The molecule has 3 nitrogen and oxygen atoms in total. The Balaban J connectivity index is 3.75. The van der Waals surface area contributed by atoms with Gasteiger partial charge in [-0.1, -0.05) is 27.4 Å². The van der Waals surface area contributed by atoms with Crippen molar-refractivity contribution >= 4 is 5.97 Å². The van der Waals surface area contributed by atoms with Crippen molar-refractivity contribution < 1.29 is 9.53 Å². The Hall–Kier alpha value is -0.830. The van der Waals surface area contributed by atoms with Crippen molar-refractivity contribution in [2.45, 2.75) is 33.4 Å². The van der Waals surface area contributed by atoms with Gasteiger partial charge in [-0.2, -0.15) is 0 Å². The first-order valence-corrected chi connectivity index (χ1v) is 4.66. The van der Waals surface area contributed by atoms with Gasteiger partial charge in [0.2, 0.25) is 0 Å². The zero-order valence-electron chi connectivity index (χ0n) is 8.67. The van der Waals surface area contributed by atoms with E-state index in [-0.39, 0.29) is 12.2 Å². The van der Waals surface area contributed by atoms with Crippen molar-refractivity contribution in [2.75, 3.05) is 6.54 Å². The Morgan fingerprint density at radius 1 is 1.62 bits per heavy atom. The molecule has 0 aromatic heterocycles. The second-order valence-electron chi connectivity index (χ2n) is 3.34. The summed E-state index contributed by atoms with van der Waals surface area (Å²) in [5, 5.41) is 3.14. The van der Waals surface area contributed by atoms with E-state index in [0.717, 1.165) is 13.0 Å². The minimum Gasteiger partial charge on any atom is -0.443 e. The molecule has 0 amide bonds. The van der Waals surface area contributed by atoms with Crippen LogP contribution in [0.25, 0.3) is 0 Å². The molecule has 3 heteroatoms. The van der Waals surface area contributed by atoms with E-state index in [1.807, 2.05) is 6.92 Å². The number of carbonyl (C=O) groups excluding carboxylic acids is 1. The van der Waals surface area contributed by atoms with Crippen LogP contribution in [0.2, 0.25) is 0 Å². The molecule has 0 saturated heterocycles. The van der Waals surface area contributed by atoms with Crippen LogP contribution in [0.15, 0.2) is 12.7 Å². The standard InChI is InChI=1S/C10H19NO2/c1-5-9(11-7-8(3)4)13-10(12)6-2/h6,8-9,11H,2,5,7H2,1,3-4H3. The molecule has 0 aliphatic carbocycles. The van der Waals surface area contributed by atoms with Gasteiger partial charge < -0.3 is 4.74 Å². The smallest absolute Gasteiger partial charge is 0.331 e. The summed E-state index contributed by atoms with van der Waals surface area (Å²) >= 11 is 0. The quantitative estimate of drug-likeness (QED) is 0.389. The Morgan fingerprint density at radius 3 is 2.62 bits per heavy atom. The third-order valence-corrected chi connectivity index (χ3v) is 1.55. The molecule has 76 valence electrons. The highest BCUT2D eigenvalue weighted by atomic mass is 16.6. The highest BCUT2D eigenvalue weighted by Gasteiger charge is 2.09. The average Bonchev–Trinajstić information content (AvgIpc) is 2.11.